The number of aromatic nitrogens is 1. The number of ether oxygens (including phenoxy) is 1. The van der Waals surface area contributed by atoms with E-state index < -0.39 is 0 Å². The number of hydrogen-bond acceptors (Lipinski definition) is 4. The highest BCUT2D eigenvalue weighted by atomic mass is 35.5. The zero-order valence-electron chi connectivity index (χ0n) is 16.0. The molecule has 0 atom stereocenters. The van der Waals surface area contributed by atoms with Crippen LogP contribution in [0.2, 0.25) is 0 Å². The second-order valence-corrected chi connectivity index (χ2v) is 7.97. The molecule has 152 valence electrons. The highest BCUT2D eigenvalue weighted by molar-refractivity contribution is 6.36. The van der Waals surface area contributed by atoms with Gasteiger partial charge in [0.15, 0.2) is 0 Å². The van der Waals surface area contributed by atoms with E-state index in [4.69, 9.17) is 16.3 Å². The molecule has 2 N–H and O–H groups in total. The van der Waals surface area contributed by atoms with Gasteiger partial charge >= 0.3 is 0 Å². The van der Waals surface area contributed by atoms with Crippen molar-refractivity contribution in [3.63, 3.8) is 0 Å². The molecule has 29 heavy (non-hydrogen) atoms. The van der Waals surface area contributed by atoms with Crippen LogP contribution in [-0.4, -0.2) is 17.6 Å². The van der Waals surface area contributed by atoms with Crippen LogP contribution < -0.4 is 20.8 Å². The molecule has 0 amide bonds. The van der Waals surface area contributed by atoms with Gasteiger partial charge in [0.1, 0.15) is 5.75 Å². The van der Waals surface area contributed by atoms with E-state index in [-0.39, 0.29) is 18.5 Å². The molecule has 0 bridgehead atoms. The summed E-state index contributed by atoms with van der Waals surface area (Å²) in [4.78, 5) is 3.56. The summed E-state index contributed by atoms with van der Waals surface area (Å²) in [6, 6.07) is 10.1. The Morgan fingerprint density at radius 1 is 1.07 bits per heavy atom. The maximum absolute atomic E-state index is 6.75. The fourth-order valence-corrected chi connectivity index (χ4v) is 4.80. The summed E-state index contributed by atoms with van der Waals surface area (Å²) in [5.41, 5.74) is 3.54. The maximum Gasteiger partial charge on any atom is 0.119 e. The Hall–Kier alpha value is -2.24. The van der Waals surface area contributed by atoms with Gasteiger partial charge in [-0.15, -0.1) is 12.4 Å². The van der Waals surface area contributed by atoms with E-state index >= 15 is 0 Å². The maximum atomic E-state index is 6.75. The molecule has 3 aliphatic rings. The number of rotatable bonds is 3. The van der Waals surface area contributed by atoms with E-state index in [0.717, 1.165) is 59.4 Å². The largest absolute Gasteiger partial charge is 0.490 e. The lowest BCUT2D eigenvalue weighted by Crippen LogP contribution is -2.27. The van der Waals surface area contributed by atoms with E-state index in [2.05, 4.69) is 26.6 Å². The van der Waals surface area contributed by atoms with Crippen molar-refractivity contribution >= 4 is 41.5 Å². The summed E-state index contributed by atoms with van der Waals surface area (Å²) < 4.78 is 6.17. The number of allylic oxidation sites excluding steroid dienone is 1. The Labute approximate surface area is 181 Å². The summed E-state index contributed by atoms with van der Waals surface area (Å²) in [5, 5.41) is 14.7. The third-order valence-electron chi connectivity index (χ3n) is 5.85. The van der Waals surface area contributed by atoms with Crippen molar-refractivity contribution in [1.82, 2.24) is 4.98 Å². The number of H-pyrrole nitrogens is 1. The van der Waals surface area contributed by atoms with Crippen LogP contribution in [0, 0.1) is 5.92 Å². The van der Waals surface area contributed by atoms with Crippen LogP contribution in [0.5, 0.6) is 5.75 Å². The van der Waals surface area contributed by atoms with Crippen LogP contribution in [0.25, 0.3) is 11.8 Å². The summed E-state index contributed by atoms with van der Waals surface area (Å²) in [7, 11) is 0. The molecule has 0 radical (unpaired) electrons. The Bertz CT molecular complexity index is 1050. The number of azo groups is 1. The van der Waals surface area contributed by atoms with Crippen molar-refractivity contribution in [2.45, 2.75) is 38.3 Å². The normalized spacial score (nSPS) is 22.8. The summed E-state index contributed by atoms with van der Waals surface area (Å²) in [6.07, 6.45) is 8.36. The van der Waals surface area contributed by atoms with E-state index in [1.165, 1.54) is 11.1 Å². The van der Waals surface area contributed by atoms with Crippen molar-refractivity contribution in [3.05, 3.63) is 57.7 Å². The van der Waals surface area contributed by atoms with Gasteiger partial charge in [-0.2, -0.15) is 10.2 Å². The standard InChI is InChI=1S/C22H23ClN4O.ClH/c23-18-10-11-24-21-17-12-25-26-13-19(17)27-22(21)20(18)14-6-8-16(9-7-14)28-15-4-2-1-3-5-15;/h1-5,10,13-14,16,24,27H,6-9,11-12H2;1H/t14-,16+;. The Balaban J connectivity index is 0.00000205. The minimum absolute atomic E-state index is 0. The predicted molar refractivity (Wildman–Crippen MR) is 119 cm³/mol. The molecule has 1 aliphatic carbocycles. The van der Waals surface area contributed by atoms with Gasteiger partial charge < -0.3 is 15.0 Å². The molecule has 5 nitrogen and oxygen atoms in total. The molecule has 1 saturated carbocycles. The minimum atomic E-state index is 0. The van der Waals surface area contributed by atoms with Crippen molar-refractivity contribution in [2.75, 3.05) is 11.9 Å². The molecule has 1 fully saturated rings. The zero-order chi connectivity index (χ0) is 18.9. The van der Waals surface area contributed by atoms with Crippen LogP contribution in [0.3, 0.4) is 0 Å². The number of halogens is 2. The molecular weight excluding hydrogens is 407 g/mol. The van der Waals surface area contributed by atoms with E-state index in [9.17, 15) is 0 Å². The van der Waals surface area contributed by atoms with Crippen molar-refractivity contribution in [3.8, 4) is 5.75 Å². The SMILES string of the molecule is Cl.ClC1=CCNc2c3c([nH]c2=C1[C@H]1CC[C@@H](Oc2ccccc2)CC1)=CN=NC3. The van der Waals surface area contributed by atoms with Gasteiger partial charge in [0, 0.05) is 17.1 Å². The van der Waals surface area contributed by atoms with Crippen LogP contribution in [0.4, 0.5) is 5.69 Å². The first-order valence-electron chi connectivity index (χ1n) is 9.93. The van der Waals surface area contributed by atoms with Gasteiger partial charge in [0.05, 0.1) is 35.2 Å². The molecule has 7 heteroatoms. The smallest absolute Gasteiger partial charge is 0.119 e. The molecular formula is C22H24Cl2N4O. The molecule has 0 unspecified atom stereocenters. The fraction of sp³-hybridized carbons (Fsp3) is 0.364. The van der Waals surface area contributed by atoms with Gasteiger partial charge in [-0.3, -0.25) is 0 Å². The highest BCUT2D eigenvalue weighted by Crippen LogP contribution is 2.37. The summed E-state index contributed by atoms with van der Waals surface area (Å²) in [5.74, 6) is 1.38. The van der Waals surface area contributed by atoms with E-state index in [1.807, 2.05) is 30.3 Å². The zero-order valence-corrected chi connectivity index (χ0v) is 17.6. The highest BCUT2D eigenvalue weighted by Gasteiger charge is 2.29. The number of fused-ring (bicyclic) bond motifs is 3. The van der Waals surface area contributed by atoms with E-state index in [0.29, 0.717) is 12.5 Å². The van der Waals surface area contributed by atoms with Crippen LogP contribution >= 0.6 is 24.0 Å². The second-order valence-electron chi connectivity index (χ2n) is 7.56. The van der Waals surface area contributed by atoms with Gasteiger partial charge in [0.25, 0.3) is 0 Å². The van der Waals surface area contributed by atoms with Crippen LogP contribution in [0.1, 0.15) is 31.2 Å². The number of aromatic amines is 1. The van der Waals surface area contributed by atoms with Gasteiger partial charge in [-0.25, -0.2) is 0 Å². The summed E-state index contributed by atoms with van der Waals surface area (Å²) in [6.45, 7) is 1.33. The molecule has 0 spiro atoms. The Morgan fingerprint density at radius 3 is 2.66 bits per heavy atom. The molecule has 1 aromatic heterocycles. The average Bonchev–Trinajstić information content (AvgIpc) is 3.00. The van der Waals surface area contributed by atoms with Crippen molar-refractivity contribution < 1.29 is 4.74 Å². The van der Waals surface area contributed by atoms with Crippen molar-refractivity contribution in [1.29, 1.82) is 0 Å². The lowest BCUT2D eigenvalue weighted by Gasteiger charge is -2.30. The number of hydrogen-bond donors (Lipinski definition) is 2. The lowest BCUT2D eigenvalue weighted by atomic mass is 9.81. The molecule has 1 aromatic carbocycles. The predicted octanol–water partition coefficient (Wildman–Crippen LogP) is 4.48. The number of nitrogens with zero attached hydrogens (tertiary/aromatic N) is 2. The van der Waals surface area contributed by atoms with Gasteiger partial charge in [0.2, 0.25) is 0 Å². The molecule has 3 heterocycles. The molecule has 5 rings (SSSR count). The third-order valence-corrected chi connectivity index (χ3v) is 6.21. The Kier molecular flexibility index (Phi) is 5.97. The Morgan fingerprint density at radius 2 is 1.86 bits per heavy atom. The minimum Gasteiger partial charge on any atom is -0.490 e. The van der Waals surface area contributed by atoms with Gasteiger partial charge in [-0.1, -0.05) is 29.8 Å². The topological polar surface area (TPSA) is 61.8 Å². The summed E-state index contributed by atoms with van der Waals surface area (Å²) >= 11 is 6.75. The average molecular weight is 431 g/mol. The molecule has 2 aromatic rings. The molecule has 0 saturated heterocycles. The first-order chi connectivity index (χ1) is 13.8. The number of nitrogens with one attached hydrogen (secondary N) is 2. The molecule has 2 aliphatic heterocycles. The number of para-hydroxylation sites is 1. The quantitative estimate of drug-likeness (QED) is 0.753. The van der Waals surface area contributed by atoms with Crippen LogP contribution in [0.15, 0.2) is 51.7 Å². The van der Waals surface area contributed by atoms with Crippen LogP contribution in [-0.2, 0) is 6.54 Å². The van der Waals surface area contributed by atoms with Crippen molar-refractivity contribution in [2.24, 2.45) is 16.1 Å². The van der Waals surface area contributed by atoms with E-state index in [1.54, 1.807) is 6.20 Å². The second kappa shape index (κ2) is 8.64. The van der Waals surface area contributed by atoms with Gasteiger partial charge in [-0.05, 0) is 55.4 Å². The fourth-order valence-electron chi connectivity index (χ4n) is 4.47. The number of benzene rings is 1. The number of anilines is 1. The first-order valence-corrected chi connectivity index (χ1v) is 10.3. The third kappa shape index (κ3) is 3.94. The lowest BCUT2D eigenvalue weighted by molar-refractivity contribution is 0.143. The first kappa shape index (κ1) is 20.0. The monoisotopic (exact) mass is 430 g/mol.